The Labute approximate surface area is 108 Å². The number of nitrogens with zero attached hydrogens (tertiary/aromatic N) is 1. The highest BCUT2D eigenvalue weighted by Gasteiger charge is 2.31. The Morgan fingerprint density at radius 2 is 2.11 bits per heavy atom. The number of piperazine rings is 1. The predicted molar refractivity (Wildman–Crippen MR) is 70.2 cm³/mol. The summed E-state index contributed by atoms with van der Waals surface area (Å²) >= 11 is 0. The summed E-state index contributed by atoms with van der Waals surface area (Å²) in [4.78, 5) is 14.0. The van der Waals surface area contributed by atoms with Crippen LogP contribution in [0.15, 0.2) is 30.3 Å². The largest absolute Gasteiger partial charge is 0.394 e. The third-order valence-electron chi connectivity index (χ3n) is 3.44. The first-order valence-corrected chi connectivity index (χ1v) is 6.41. The van der Waals surface area contributed by atoms with Crippen LogP contribution in [0.25, 0.3) is 0 Å². The van der Waals surface area contributed by atoms with E-state index >= 15 is 0 Å². The molecule has 4 nitrogen and oxygen atoms in total. The van der Waals surface area contributed by atoms with Crippen molar-refractivity contribution < 1.29 is 9.90 Å². The summed E-state index contributed by atoms with van der Waals surface area (Å²) < 4.78 is 0. The van der Waals surface area contributed by atoms with Crippen LogP contribution >= 0.6 is 0 Å². The second-order valence-corrected chi connectivity index (χ2v) is 4.76. The molecule has 1 amide bonds. The minimum atomic E-state index is -0.433. The van der Waals surface area contributed by atoms with Crippen molar-refractivity contribution in [2.75, 3.05) is 19.7 Å². The highest BCUT2D eigenvalue weighted by molar-refractivity contribution is 5.83. The number of nitrogens with one attached hydrogen (secondary N) is 1. The predicted octanol–water partition coefficient (Wildman–Crippen LogP) is 0.410. The van der Waals surface area contributed by atoms with Gasteiger partial charge in [-0.15, -0.1) is 0 Å². The monoisotopic (exact) mass is 248 g/mol. The van der Waals surface area contributed by atoms with Crippen molar-refractivity contribution in [3.05, 3.63) is 35.9 Å². The average Bonchev–Trinajstić information content (AvgIpc) is 2.40. The van der Waals surface area contributed by atoms with E-state index in [1.165, 1.54) is 5.56 Å². The van der Waals surface area contributed by atoms with Gasteiger partial charge in [-0.25, -0.2) is 0 Å². The van der Waals surface area contributed by atoms with E-state index < -0.39 is 6.04 Å². The van der Waals surface area contributed by atoms with Crippen molar-refractivity contribution >= 4 is 5.91 Å². The summed E-state index contributed by atoms with van der Waals surface area (Å²) in [7, 11) is 0. The minimum absolute atomic E-state index is 0.00665. The number of carbonyl (C=O) groups excluding carboxylic acids is 1. The van der Waals surface area contributed by atoms with Crippen molar-refractivity contribution in [3.63, 3.8) is 0 Å². The maximum atomic E-state index is 12.1. The molecule has 1 saturated heterocycles. The maximum Gasteiger partial charge on any atom is 0.242 e. The summed E-state index contributed by atoms with van der Waals surface area (Å²) in [6.45, 7) is 3.35. The Bertz CT molecular complexity index is 394. The zero-order chi connectivity index (χ0) is 13.0. The third-order valence-corrected chi connectivity index (χ3v) is 3.44. The molecule has 1 aromatic carbocycles. The number of rotatable bonds is 4. The van der Waals surface area contributed by atoms with Gasteiger partial charge in [0.2, 0.25) is 5.91 Å². The first kappa shape index (κ1) is 13.1. The molecule has 1 fully saturated rings. The van der Waals surface area contributed by atoms with Crippen LogP contribution < -0.4 is 5.32 Å². The maximum absolute atomic E-state index is 12.1. The molecule has 2 rings (SSSR count). The fraction of sp³-hybridized carbons (Fsp3) is 0.500. The highest BCUT2D eigenvalue weighted by atomic mass is 16.3. The molecule has 1 aliphatic heterocycles. The van der Waals surface area contributed by atoms with Gasteiger partial charge in [0.1, 0.15) is 6.04 Å². The summed E-state index contributed by atoms with van der Waals surface area (Å²) in [5, 5.41) is 12.2. The molecule has 0 aromatic heterocycles. The summed E-state index contributed by atoms with van der Waals surface area (Å²) in [5.74, 6) is 0.00665. The highest BCUT2D eigenvalue weighted by Crippen LogP contribution is 2.10. The fourth-order valence-electron chi connectivity index (χ4n) is 2.30. The van der Waals surface area contributed by atoms with Crippen LogP contribution in [-0.2, 0) is 11.2 Å². The molecule has 0 spiro atoms. The molecule has 0 saturated carbocycles. The van der Waals surface area contributed by atoms with E-state index in [-0.39, 0.29) is 18.6 Å². The molecule has 0 radical (unpaired) electrons. The van der Waals surface area contributed by atoms with Crippen molar-refractivity contribution in [2.24, 2.45) is 0 Å². The van der Waals surface area contributed by atoms with Gasteiger partial charge >= 0.3 is 0 Å². The van der Waals surface area contributed by atoms with Crippen LogP contribution in [0.3, 0.4) is 0 Å². The normalized spacial score (nSPS) is 24.3. The van der Waals surface area contributed by atoms with E-state index in [9.17, 15) is 4.79 Å². The number of aliphatic hydroxyl groups excluding tert-OH is 1. The average molecular weight is 248 g/mol. The van der Waals surface area contributed by atoms with Crippen LogP contribution in [0.2, 0.25) is 0 Å². The van der Waals surface area contributed by atoms with Crippen LogP contribution in [-0.4, -0.2) is 47.7 Å². The number of carbonyl (C=O) groups is 1. The fourth-order valence-corrected chi connectivity index (χ4v) is 2.30. The van der Waals surface area contributed by atoms with Crippen LogP contribution in [0.1, 0.15) is 12.5 Å². The van der Waals surface area contributed by atoms with Gasteiger partial charge in [-0.05, 0) is 18.9 Å². The molecule has 4 heteroatoms. The smallest absolute Gasteiger partial charge is 0.242 e. The number of amides is 1. The van der Waals surface area contributed by atoms with Crippen molar-refractivity contribution in [2.45, 2.75) is 25.4 Å². The van der Waals surface area contributed by atoms with E-state index in [1.54, 1.807) is 0 Å². The lowest BCUT2D eigenvalue weighted by molar-refractivity contribution is -0.139. The van der Waals surface area contributed by atoms with E-state index in [1.807, 2.05) is 30.0 Å². The Morgan fingerprint density at radius 3 is 2.78 bits per heavy atom. The Hall–Kier alpha value is -1.39. The summed E-state index contributed by atoms with van der Waals surface area (Å²) in [5.41, 5.74) is 1.23. The summed E-state index contributed by atoms with van der Waals surface area (Å²) in [6.07, 6.45) is 0.856. The Kier molecular flexibility index (Phi) is 4.33. The molecule has 2 unspecified atom stereocenters. The van der Waals surface area contributed by atoms with Crippen LogP contribution in [0.4, 0.5) is 0 Å². The van der Waals surface area contributed by atoms with Gasteiger partial charge in [0.15, 0.2) is 0 Å². The lowest BCUT2D eigenvalue weighted by atomic mass is 10.1. The lowest BCUT2D eigenvalue weighted by Crippen LogP contribution is -2.60. The molecular weight excluding hydrogens is 228 g/mol. The quantitative estimate of drug-likeness (QED) is 0.811. The zero-order valence-corrected chi connectivity index (χ0v) is 10.7. The van der Waals surface area contributed by atoms with Gasteiger partial charge in [-0.2, -0.15) is 0 Å². The van der Waals surface area contributed by atoms with Crippen molar-refractivity contribution in [3.8, 4) is 0 Å². The Morgan fingerprint density at radius 1 is 1.39 bits per heavy atom. The van der Waals surface area contributed by atoms with Gasteiger partial charge < -0.3 is 15.3 Å². The second-order valence-electron chi connectivity index (χ2n) is 4.76. The first-order chi connectivity index (χ1) is 8.72. The molecule has 0 aliphatic carbocycles. The first-order valence-electron chi connectivity index (χ1n) is 6.41. The van der Waals surface area contributed by atoms with Crippen LogP contribution in [0.5, 0.6) is 0 Å². The van der Waals surface area contributed by atoms with Gasteiger partial charge in [-0.3, -0.25) is 4.79 Å². The number of benzene rings is 1. The molecule has 1 heterocycles. The number of aliphatic hydroxyl groups is 1. The van der Waals surface area contributed by atoms with E-state index in [0.29, 0.717) is 6.54 Å². The van der Waals surface area contributed by atoms with Crippen molar-refractivity contribution in [1.82, 2.24) is 10.2 Å². The molecular formula is C14H20N2O2. The Balaban J connectivity index is 1.96. The molecule has 98 valence electrons. The minimum Gasteiger partial charge on any atom is -0.394 e. The van der Waals surface area contributed by atoms with Gasteiger partial charge in [0.05, 0.1) is 6.61 Å². The molecule has 2 atom stereocenters. The van der Waals surface area contributed by atoms with Gasteiger partial charge in [-0.1, -0.05) is 30.3 Å². The molecule has 18 heavy (non-hydrogen) atoms. The second kappa shape index (κ2) is 5.98. The summed E-state index contributed by atoms with van der Waals surface area (Å²) in [6, 6.07) is 9.90. The molecule has 1 aliphatic rings. The van der Waals surface area contributed by atoms with E-state index in [4.69, 9.17) is 5.11 Å². The number of hydrogen-bond acceptors (Lipinski definition) is 3. The zero-order valence-electron chi connectivity index (χ0n) is 10.7. The van der Waals surface area contributed by atoms with Gasteiger partial charge in [0.25, 0.3) is 0 Å². The standard InChI is InChI=1S/C14H20N2O2/c1-11-9-15-13(10-17)14(18)16(11)8-7-12-5-3-2-4-6-12/h2-6,11,13,15,17H,7-10H2,1H3. The molecule has 0 bridgehead atoms. The number of hydrogen-bond donors (Lipinski definition) is 2. The molecule has 1 aromatic rings. The van der Waals surface area contributed by atoms with Crippen LogP contribution in [0, 0.1) is 0 Å². The third kappa shape index (κ3) is 2.89. The van der Waals surface area contributed by atoms with Gasteiger partial charge in [0, 0.05) is 19.1 Å². The van der Waals surface area contributed by atoms with Crippen molar-refractivity contribution in [1.29, 1.82) is 0 Å². The lowest BCUT2D eigenvalue weighted by Gasteiger charge is -2.37. The SMILES string of the molecule is CC1CNC(CO)C(=O)N1CCc1ccccc1. The molecule has 2 N–H and O–H groups in total. The van der Waals surface area contributed by atoms with E-state index in [2.05, 4.69) is 17.4 Å². The topological polar surface area (TPSA) is 52.6 Å². The van der Waals surface area contributed by atoms with E-state index in [0.717, 1.165) is 13.0 Å².